The van der Waals surface area contributed by atoms with Crippen LogP contribution in [-0.4, -0.2) is 33.1 Å². The summed E-state index contributed by atoms with van der Waals surface area (Å²) in [5.74, 6) is -0.688. The van der Waals surface area contributed by atoms with Gasteiger partial charge in [0.1, 0.15) is 4.32 Å². The minimum absolute atomic E-state index is 0.119. The van der Waals surface area contributed by atoms with Crippen LogP contribution in [0.15, 0.2) is 23.1 Å². The van der Waals surface area contributed by atoms with Crippen LogP contribution in [0.4, 0.5) is 5.69 Å². The van der Waals surface area contributed by atoms with Crippen LogP contribution in [-0.2, 0) is 0 Å². The molecule has 2 rings (SSSR count). The van der Waals surface area contributed by atoms with Gasteiger partial charge in [-0.25, -0.2) is 0 Å². The van der Waals surface area contributed by atoms with Gasteiger partial charge in [-0.1, -0.05) is 24.0 Å². The van der Waals surface area contributed by atoms with Crippen LogP contribution >= 0.6 is 24.0 Å². The van der Waals surface area contributed by atoms with E-state index in [1.165, 1.54) is 30.0 Å². The Hall–Kier alpha value is -1.67. The monoisotopic (exact) mass is 311 g/mol. The Kier molecular flexibility index (Phi) is 4.56. The highest BCUT2D eigenvalue weighted by atomic mass is 32.2. The Morgan fingerprint density at radius 1 is 1.40 bits per heavy atom. The van der Waals surface area contributed by atoms with E-state index >= 15 is 0 Å². The summed E-state index contributed by atoms with van der Waals surface area (Å²) in [4.78, 5) is 24.1. The number of amides is 1. The van der Waals surface area contributed by atoms with Crippen LogP contribution in [0.2, 0.25) is 0 Å². The molecule has 0 aromatic heterocycles. The lowest BCUT2D eigenvalue weighted by Gasteiger charge is -2.17. The Bertz CT molecular complexity index is 571. The SMILES string of the molecule is NC(=O)c1ccc(SC(=S)N2CCCC2)c([N+](=O)[O-])c1. The van der Waals surface area contributed by atoms with E-state index in [4.69, 9.17) is 18.0 Å². The highest BCUT2D eigenvalue weighted by Gasteiger charge is 2.21. The summed E-state index contributed by atoms with van der Waals surface area (Å²) in [5.41, 5.74) is 5.10. The van der Waals surface area contributed by atoms with Gasteiger partial charge in [0.2, 0.25) is 5.91 Å². The lowest BCUT2D eigenvalue weighted by Crippen LogP contribution is -2.23. The van der Waals surface area contributed by atoms with Crippen LogP contribution in [0.3, 0.4) is 0 Å². The fraction of sp³-hybridized carbons (Fsp3) is 0.333. The highest BCUT2D eigenvalue weighted by Crippen LogP contribution is 2.32. The first-order valence-electron chi connectivity index (χ1n) is 6.04. The zero-order valence-corrected chi connectivity index (χ0v) is 12.2. The topological polar surface area (TPSA) is 89.5 Å². The third-order valence-corrected chi connectivity index (χ3v) is 4.51. The summed E-state index contributed by atoms with van der Waals surface area (Å²) in [7, 11) is 0. The van der Waals surface area contributed by atoms with E-state index in [2.05, 4.69) is 0 Å². The van der Waals surface area contributed by atoms with Crippen molar-refractivity contribution in [1.82, 2.24) is 4.90 Å². The average molecular weight is 311 g/mol. The summed E-state index contributed by atoms with van der Waals surface area (Å²) in [5, 5.41) is 11.1. The maximum absolute atomic E-state index is 11.1. The van der Waals surface area contributed by atoms with Crippen LogP contribution in [0.1, 0.15) is 23.2 Å². The second kappa shape index (κ2) is 6.19. The summed E-state index contributed by atoms with van der Waals surface area (Å²) < 4.78 is 0.623. The number of nitrogens with zero attached hydrogens (tertiary/aromatic N) is 2. The Morgan fingerprint density at radius 3 is 2.60 bits per heavy atom. The number of carbonyl (C=O) groups is 1. The van der Waals surface area contributed by atoms with Crippen molar-refractivity contribution in [2.24, 2.45) is 5.73 Å². The molecule has 1 aromatic rings. The van der Waals surface area contributed by atoms with Crippen molar-refractivity contribution in [1.29, 1.82) is 0 Å². The van der Waals surface area contributed by atoms with Gasteiger partial charge in [-0.15, -0.1) is 0 Å². The smallest absolute Gasteiger partial charge is 0.284 e. The van der Waals surface area contributed by atoms with Gasteiger partial charge < -0.3 is 10.6 Å². The zero-order valence-electron chi connectivity index (χ0n) is 10.6. The predicted molar refractivity (Wildman–Crippen MR) is 80.9 cm³/mol. The van der Waals surface area contributed by atoms with Crippen molar-refractivity contribution in [3.8, 4) is 0 Å². The largest absolute Gasteiger partial charge is 0.366 e. The van der Waals surface area contributed by atoms with E-state index < -0.39 is 10.8 Å². The van der Waals surface area contributed by atoms with Gasteiger partial charge in [0.15, 0.2) is 0 Å². The van der Waals surface area contributed by atoms with Gasteiger partial charge in [-0.3, -0.25) is 14.9 Å². The van der Waals surface area contributed by atoms with Gasteiger partial charge in [0.25, 0.3) is 5.69 Å². The summed E-state index contributed by atoms with van der Waals surface area (Å²) >= 11 is 6.48. The van der Waals surface area contributed by atoms with Crippen LogP contribution in [0.25, 0.3) is 0 Å². The van der Waals surface area contributed by atoms with Crippen molar-refractivity contribution in [3.05, 3.63) is 33.9 Å². The van der Waals surface area contributed by atoms with Crippen LogP contribution in [0.5, 0.6) is 0 Å². The third kappa shape index (κ3) is 3.26. The molecule has 0 atom stereocenters. The van der Waals surface area contributed by atoms with Gasteiger partial charge in [-0.05, 0) is 25.0 Å². The second-order valence-electron chi connectivity index (χ2n) is 4.37. The van der Waals surface area contributed by atoms with Gasteiger partial charge in [0, 0.05) is 24.7 Å². The fourth-order valence-corrected chi connectivity index (χ4v) is 3.28. The van der Waals surface area contributed by atoms with Crippen LogP contribution in [0, 0.1) is 10.1 Å². The fourth-order valence-electron chi connectivity index (χ4n) is 1.96. The maximum atomic E-state index is 11.1. The maximum Gasteiger partial charge on any atom is 0.284 e. The molecule has 1 amide bonds. The molecule has 106 valence electrons. The third-order valence-electron chi connectivity index (χ3n) is 3.00. The zero-order chi connectivity index (χ0) is 14.7. The second-order valence-corrected chi connectivity index (χ2v) is 6.04. The Labute approximate surface area is 125 Å². The quantitative estimate of drug-likeness (QED) is 0.398. The number of carbonyl (C=O) groups excluding carboxylic acids is 1. The Morgan fingerprint density at radius 2 is 2.05 bits per heavy atom. The molecule has 0 saturated carbocycles. The number of thioether (sulfide) groups is 1. The van der Waals surface area contributed by atoms with Crippen molar-refractivity contribution in [2.45, 2.75) is 17.7 Å². The molecule has 1 fully saturated rings. The summed E-state index contributed by atoms with van der Waals surface area (Å²) in [6.45, 7) is 1.78. The van der Waals surface area contributed by atoms with Gasteiger partial charge >= 0.3 is 0 Å². The molecule has 0 unspecified atom stereocenters. The standard InChI is InChI=1S/C12H13N3O3S2/c13-11(16)8-3-4-10(9(7-8)15(17)18)20-12(19)14-5-1-2-6-14/h3-4,7H,1-2,5-6H2,(H2,13,16). The molecule has 1 aliphatic rings. The minimum atomic E-state index is -0.688. The number of nitro groups is 1. The van der Waals surface area contributed by atoms with E-state index in [1.54, 1.807) is 0 Å². The molecular formula is C12H13N3O3S2. The first-order chi connectivity index (χ1) is 9.49. The number of hydrogen-bond acceptors (Lipinski definition) is 5. The van der Waals surface area contributed by atoms with Crippen molar-refractivity contribution in [2.75, 3.05) is 13.1 Å². The van der Waals surface area contributed by atoms with Crippen molar-refractivity contribution >= 4 is 39.9 Å². The number of nitrogens with two attached hydrogens (primary N) is 1. The molecule has 6 nitrogen and oxygen atoms in total. The highest BCUT2D eigenvalue weighted by molar-refractivity contribution is 8.23. The van der Waals surface area contributed by atoms with E-state index in [0.717, 1.165) is 25.9 Å². The normalized spacial score (nSPS) is 14.3. The molecule has 8 heteroatoms. The molecular weight excluding hydrogens is 298 g/mol. The minimum Gasteiger partial charge on any atom is -0.366 e. The van der Waals surface area contributed by atoms with E-state index in [0.29, 0.717) is 9.22 Å². The molecule has 0 aliphatic carbocycles. The number of rotatable bonds is 3. The molecule has 1 saturated heterocycles. The molecule has 0 spiro atoms. The number of primary amides is 1. The lowest BCUT2D eigenvalue weighted by molar-refractivity contribution is -0.387. The summed E-state index contributed by atoms with van der Waals surface area (Å²) in [6.07, 6.45) is 2.17. The molecule has 2 N–H and O–H groups in total. The molecule has 20 heavy (non-hydrogen) atoms. The molecule has 1 aromatic carbocycles. The number of thiocarbonyl (C=S) groups is 1. The number of hydrogen-bond donors (Lipinski definition) is 1. The first-order valence-corrected chi connectivity index (χ1v) is 7.26. The van der Waals surface area contributed by atoms with E-state index in [1.807, 2.05) is 4.90 Å². The van der Waals surface area contributed by atoms with Crippen molar-refractivity contribution < 1.29 is 9.72 Å². The molecule has 0 bridgehead atoms. The number of nitro benzene ring substituents is 1. The van der Waals surface area contributed by atoms with Crippen LogP contribution < -0.4 is 5.73 Å². The lowest BCUT2D eigenvalue weighted by atomic mass is 10.2. The van der Waals surface area contributed by atoms with Gasteiger partial charge in [0.05, 0.1) is 9.82 Å². The average Bonchev–Trinajstić information content (AvgIpc) is 2.92. The van der Waals surface area contributed by atoms with E-state index in [9.17, 15) is 14.9 Å². The first kappa shape index (κ1) is 14.7. The van der Waals surface area contributed by atoms with Gasteiger partial charge in [-0.2, -0.15) is 0 Å². The predicted octanol–water partition coefficient (Wildman–Crippen LogP) is 2.17. The Balaban J connectivity index is 2.24. The molecule has 1 heterocycles. The number of benzene rings is 1. The molecule has 1 aliphatic heterocycles. The number of likely N-dealkylation sites (tertiary alicyclic amines) is 1. The van der Waals surface area contributed by atoms with Crippen molar-refractivity contribution in [3.63, 3.8) is 0 Å². The van der Waals surface area contributed by atoms with E-state index in [-0.39, 0.29) is 11.3 Å². The summed E-state index contributed by atoms with van der Waals surface area (Å²) in [6, 6.07) is 4.19. The molecule has 0 radical (unpaired) electrons.